The molecule has 1 aliphatic carbocycles. The van der Waals surface area contributed by atoms with Gasteiger partial charge in [0.05, 0.1) is 18.2 Å². The number of benzene rings is 2. The number of Topliss-reactive ketones (excluding diaryl/α,β-unsaturated/α-hetero) is 2. The molecule has 0 aliphatic heterocycles. The van der Waals surface area contributed by atoms with Gasteiger partial charge in [-0.15, -0.1) is 0 Å². The summed E-state index contributed by atoms with van der Waals surface area (Å²) in [5.74, 6) is -4.06. The molecule has 7 heteroatoms. The Morgan fingerprint density at radius 2 is 1.63 bits per heavy atom. The Balaban J connectivity index is 2.17. The standard InChI is InChI=1S/C23H22O7/c1-28-22-17(21(27)16-10-9-15(24)13-18(16)25)11-12-23(29-2,30-3)19(22)20(26)14-7-5-4-6-8-14/h4-13,19,24-25H,1-3H3. The fourth-order valence-corrected chi connectivity index (χ4v) is 3.51. The van der Waals surface area contributed by atoms with E-state index < -0.39 is 23.2 Å². The molecule has 0 aromatic heterocycles. The van der Waals surface area contributed by atoms with Crippen LogP contribution in [0.15, 0.2) is 72.0 Å². The molecule has 0 fully saturated rings. The summed E-state index contributed by atoms with van der Waals surface area (Å²) in [6.45, 7) is 0. The van der Waals surface area contributed by atoms with E-state index in [1.54, 1.807) is 30.3 Å². The summed E-state index contributed by atoms with van der Waals surface area (Å²) in [6, 6.07) is 12.2. The van der Waals surface area contributed by atoms with Crippen LogP contribution in [0.4, 0.5) is 0 Å². The quantitative estimate of drug-likeness (QED) is 0.534. The van der Waals surface area contributed by atoms with Gasteiger partial charge in [-0.2, -0.15) is 0 Å². The van der Waals surface area contributed by atoms with Crippen molar-refractivity contribution in [3.63, 3.8) is 0 Å². The van der Waals surface area contributed by atoms with E-state index in [1.165, 1.54) is 45.6 Å². The number of hydrogen-bond acceptors (Lipinski definition) is 7. The van der Waals surface area contributed by atoms with Crippen LogP contribution in [-0.4, -0.2) is 48.9 Å². The van der Waals surface area contributed by atoms with Crippen LogP contribution in [0.3, 0.4) is 0 Å². The van der Waals surface area contributed by atoms with Crippen LogP contribution in [0.25, 0.3) is 0 Å². The molecule has 0 saturated carbocycles. The summed E-state index contributed by atoms with van der Waals surface area (Å²) in [5.41, 5.74) is 0.415. The second-order valence-corrected chi connectivity index (χ2v) is 6.64. The lowest BCUT2D eigenvalue weighted by Gasteiger charge is -2.38. The molecule has 0 heterocycles. The number of ether oxygens (including phenoxy) is 3. The van der Waals surface area contributed by atoms with E-state index in [0.717, 1.165) is 6.07 Å². The number of rotatable bonds is 7. The highest BCUT2D eigenvalue weighted by Gasteiger charge is 2.49. The first kappa shape index (κ1) is 21.3. The van der Waals surface area contributed by atoms with Crippen molar-refractivity contribution in [2.24, 2.45) is 5.92 Å². The molecule has 0 amide bonds. The second-order valence-electron chi connectivity index (χ2n) is 6.64. The third kappa shape index (κ3) is 3.60. The predicted octanol–water partition coefficient (Wildman–Crippen LogP) is 3.24. The van der Waals surface area contributed by atoms with Crippen molar-refractivity contribution >= 4 is 11.6 Å². The minimum absolute atomic E-state index is 0.0461. The number of hydrogen-bond donors (Lipinski definition) is 2. The van der Waals surface area contributed by atoms with Gasteiger partial charge in [0, 0.05) is 25.8 Å². The summed E-state index contributed by atoms with van der Waals surface area (Å²) < 4.78 is 16.6. The number of allylic oxidation sites excluding steroid dienone is 2. The molecule has 1 unspecified atom stereocenters. The number of carbonyl (C=O) groups excluding carboxylic acids is 2. The molecule has 0 spiro atoms. The lowest BCUT2D eigenvalue weighted by molar-refractivity contribution is -0.193. The maximum atomic E-state index is 13.4. The first-order valence-corrected chi connectivity index (χ1v) is 9.12. The van der Waals surface area contributed by atoms with Crippen LogP contribution in [0.2, 0.25) is 0 Å². The van der Waals surface area contributed by atoms with Gasteiger partial charge in [0.15, 0.2) is 11.6 Å². The average Bonchev–Trinajstić information content (AvgIpc) is 2.77. The molecule has 2 aromatic rings. The normalized spacial score (nSPS) is 17.6. The van der Waals surface area contributed by atoms with Crippen LogP contribution in [-0.2, 0) is 14.2 Å². The summed E-state index contributed by atoms with van der Waals surface area (Å²) in [4.78, 5) is 26.6. The van der Waals surface area contributed by atoms with Gasteiger partial charge in [-0.3, -0.25) is 9.59 Å². The van der Waals surface area contributed by atoms with Crippen molar-refractivity contribution in [3.05, 3.63) is 83.1 Å². The van der Waals surface area contributed by atoms with Crippen LogP contribution >= 0.6 is 0 Å². The van der Waals surface area contributed by atoms with Gasteiger partial charge in [-0.1, -0.05) is 30.3 Å². The fraction of sp³-hybridized carbons (Fsp3) is 0.217. The number of carbonyl (C=O) groups is 2. The molecule has 1 aliphatic rings. The fourth-order valence-electron chi connectivity index (χ4n) is 3.51. The van der Waals surface area contributed by atoms with Crippen LogP contribution in [0, 0.1) is 5.92 Å². The molecule has 2 N–H and O–H groups in total. The molecule has 0 radical (unpaired) electrons. The van der Waals surface area contributed by atoms with Gasteiger partial charge < -0.3 is 24.4 Å². The molecule has 0 bridgehead atoms. The molecule has 7 nitrogen and oxygen atoms in total. The van der Waals surface area contributed by atoms with E-state index in [-0.39, 0.29) is 28.4 Å². The lowest BCUT2D eigenvalue weighted by Crippen LogP contribution is -2.48. The molecule has 30 heavy (non-hydrogen) atoms. The van der Waals surface area contributed by atoms with Crippen molar-refractivity contribution in [1.29, 1.82) is 0 Å². The first-order valence-electron chi connectivity index (χ1n) is 9.12. The minimum Gasteiger partial charge on any atom is -0.508 e. The van der Waals surface area contributed by atoms with E-state index in [0.29, 0.717) is 5.56 Å². The number of phenols is 2. The van der Waals surface area contributed by atoms with Gasteiger partial charge in [0.1, 0.15) is 23.2 Å². The molecule has 2 aromatic carbocycles. The highest BCUT2D eigenvalue weighted by molar-refractivity contribution is 6.14. The molecule has 156 valence electrons. The van der Waals surface area contributed by atoms with Gasteiger partial charge >= 0.3 is 0 Å². The summed E-state index contributed by atoms with van der Waals surface area (Å²) >= 11 is 0. The Hall–Kier alpha value is -3.42. The van der Waals surface area contributed by atoms with Crippen molar-refractivity contribution in [3.8, 4) is 11.5 Å². The van der Waals surface area contributed by atoms with Gasteiger partial charge in [0.25, 0.3) is 0 Å². The number of aromatic hydroxyl groups is 2. The van der Waals surface area contributed by atoms with Gasteiger partial charge in [-0.25, -0.2) is 0 Å². The summed E-state index contributed by atoms with van der Waals surface area (Å²) in [6.07, 6.45) is 2.92. The van der Waals surface area contributed by atoms with Crippen molar-refractivity contribution in [1.82, 2.24) is 0 Å². The zero-order valence-corrected chi connectivity index (χ0v) is 16.8. The lowest BCUT2D eigenvalue weighted by atomic mass is 9.80. The van der Waals surface area contributed by atoms with Crippen molar-refractivity contribution in [2.45, 2.75) is 5.79 Å². The third-order valence-corrected chi connectivity index (χ3v) is 5.06. The first-order chi connectivity index (χ1) is 14.4. The van der Waals surface area contributed by atoms with Gasteiger partial charge in [-0.05, 0) is 24.3 Å². The van der Waals surface area contributed by atoms with Crippen molar-refractivity contribution < 1.29 is 34.0 Å². The zero-order chi connectivity index (χ0) is 21.9. The molecule has 3 rings (SSSR count). The molecular weight excluding hydrogens is 388 g/mol. The van der Waals surface area contributed by atoms with Crippen LogP contribution in [0.5, 0.6) is 11.5 Å². The monoisotopic (exact) mass is 410 g/mol. The van der Waals surface area contributed by atoms with E-state index in [4.69, 9.17) is 14.2 Å². The van der Waals surface area contributed by atoms with E-state index in [1.807, 2.05) is 0 Å². The Morgan fingerprint density at radius 3 is 2.20 bits per heavy atom. The average molecular weight is 410 g/mol. The highest BCUT2D eigenvalue weighted by atomic mass is 16.7. The Morgan fingerprint density at radius 1 is 0.967 bits per heavy atom. The van der Waals surface area contributed by atoms with Crippen molar-refractivity contribution in [2.75, 3.05) is 21.3 Å². The maximum absolute atomic E-state index is 13.4. The zero-order valence-electron chi connectivity index (χ0n) is 16.8. The molecular formula is C23H22O7. The van der Waals surface area contributed by atoms with E-state index >= 15 is 0 Å². The number of methoxy groups -OCH3 is 3. The number of phenolic OH excluding ortho intramolecular Hbond substituents is 2. The summed E-state index contributed by atoms with van der Waals surface area (Å²) in [5, 5.41) is 19.6. The largest absolute Gasteiger partial charge is 0.508 e. The Kier molecular flexibility index (Phi) is 6.05. The van der Waals surface area contributed by atoms with E-state index in [2.05, 4.69) is 0 Å². The Bertz CT molecular complexity index is 1020. The SMILES string of the molecule is COC1=C(C(=O)c2ccc(O)cc2O)C=CC(OC)(OC)C1C(=O)c1ccccc1. The topological polar surface area (TPSA) is 102 Å². The Labute approximate surface area is 173 Å². The van der Waals surface area contributed by atoms with Crippen LogP contribution < -0.4 is 0 Å². The third-order valence-electron chi connectivity index (χ3n) is 5.06. The van der Waals surface area contributed by atoms with Gasteiger partial charge in [0.2, 0.25) is 5.79 Å². The molecule has 0 saturated heterocycles. The summed E-state index contributed by atoms with van der Waals surface area (Å²) in [7, 11) is 4.13. The minimum atomic E-state index is -1.49. The number of ketones is 2. The second kappa shape index (κ2) is 8.52. The highest BCUT2D eigenvalue weighted by Crippen LogP contribution is 2.40. The molecule has 1 atom stereocenters. The predicted molar refractivity (Wildman–Crippen MR) is 108 cm³/mol. The van der Waals surface area contributed by atoms with Crippen LogP contribution in [0.1, 0.15) is 20.7 Å². The maximum Gasteiger partial charge on any atom is 0.205 e. The smallest absolute Gasteiger partial charge is 0.205 e. The van der Waals surface area contributed by atoms with E-state index in [9.17, 15) is 19.8 Å².